The molecule has 0 aliphatic rings. The molecule has 1 unspecified atom stereocenters. The van der Waals surface area contributed by atoms with Crippen LogP contribution in [0.15, 0.2) is 0 Å². The van der Waals surface area contributed by atoms with Gasteiger partial charge >= 0.3 is 0 Å². The maximum atomic E-state index is 11.3. The fraction of sp³-hybridized carbons (Fsp3) is 1.00. The average Bonchev–Trinajstić information content (AvgIpc) is 2.64. The smallest absolute Gasteiger partial charge is 0.264 e. The number of hydrogen-bond acceptors (Lipinski definition) is 7. The van der Waals surface area contributed by atoms with Crippen molar-refractivity contribution in [2.75, 3.05) is 32.3 Å². The topological polar surface area (TPSA) is 96.0 Å². The van der Waals surface area contributed by atoms with E-state index in [0.717, 1.165) is 25.4 Å². The van der Waals surface area contributed by atoms with Crippen molar-refractivity contribution in [2.45, 2.75) is 103 Å². The van der Waals surface area contributed by atoms with E-state index in [4.69, 9.17) is 8.92 Å². The summed E-state index contributed by atoms with van der Waals surface area (Å²) in [4.78, 5) is 0. The first-order valence-electron chi connectivity index (χ1n) is 11.4. The molecule has 1 atom stereocenters. The van der Waals surface area contributed by atoms with Gasteiger partial charge in [-0.05, 0) is 6.42 Å². The van der Waals surface area contributed by atoms with E-state index in [1.54, 1.807) is 0 Å². The Morgan fingerprint density at radius 3 is 1.43 bits per heavy atom. The van der Waals surface area contributed by atoms with Gasteiger partial charge in [-0.3, -0.25) is 8.37 Å². The number of rotatable bonds is 22. The van der Waals surface area contributed by atoms with Crippen molar-refractivity contribution in [1.82, 2.24) is 0 Å². The summed E-state index contributed by atoms with van der Waals surface area (Å²) in [6.45, 7) is 2.33. The van der Waals surface area contributed by atoms with Gasteiger partial charge in [0, 0.05) is 6.61 Å². The SMILES string of the molecule is CCCCCCCCCCCCCCCCOCC(COS(C)(=O)=O)OS(C)(=O)=O. The summed E-state index contributed by atoms with van der Waals surface area (Å²) in [5.41, 5.74) is 0. The van der Waals surface area contributed by atoms with Crippen LogP contribution >= 0.6 is 0 Å². The van der Waals surface area contributed by atoms with Gasteiger partial charge in [-0.25, -0.2) is 0 Å². The van der Waals surface area contributed by atoms with Crippen LogP contribution in [0.2, 0.25) is 0 Å². The quantitative estimate of drug-likeness (QED) is 0.165. The molecule has 0 saturated heterocycles. The lowest BCUT2D eigenvalue weighted by atomic mass is 10.0. The zero-order valence-corrected chi connectivity index (χ0v) is 20.9. The Kier molecular flexibility index (Phi) is 18.2. The van der Waals surface area contributed by atoms with Crippen molar-refractivity contribution >= 4 is 20.2 Å². The van der Waals surface area contributed by atoms with Gasteiger partial charge in [0.1, 0.15) is 6.10 Å². The van der Waals surface area contributed by atoms with Crippen molar-refractivity contribution in [3.05, 3.63) is 0 Å². The van der Waals surface area contributed by atoms with Crippen LogP contribution in [0.25, 0.3) is 0 Å². The van der Waals surface area contributed by atoms with Crippen LogP contribution in [-0.4, -0.2) is 55.3 Å². The third-order valence-electron chi connectivity index (χ3n) is 4.72. The van der Waals surface area contributed by atoms with Gasteiger partial charge in [0.15, 0.2) is 0 Å². The lowest BCUT2D eigenvalue weighted by Crippen LogP contribution is -2.29. The monoisotopic (exact) mass is 472 g/mol. The summed E-state index contributed by atoms with van der Waals surface area (Å²) in [6.07, 6.45) is 18.7. The highest BCUT2D eigenvalue weighted by atomic mass is 32.2. The summed E-state index contributed by atoms with van der Waals surface area (Å²) in [5.74, 6) is 0. The van der Waals surface area contributed by atoms with Crippen LogP contribution in [0.3, 0.4) is 0 Å². The highest BCUT2D eigenvalue weighted by Crippen LogP contribution is 2.13. The Morgan fingerprint density at radius 1 is 0.600 bits per heavy atom. The Balaban J connectivity index is 3.58. The minimum absolute atomic E-state index is 0.0268. The highest BCUT2D eigenvalue weighted by molar-refractivity contribution is 7.86. The van der Waals surface area contributed by atoms with Gasteiger partial charge in [-0.2, -0.15) is 16.8 Å². The Bertz CT molecular complexity index is 588. The molecule has 0 fully saturated rings. The standard InChI is InChI=1S/C21H44O7S2/c1-4-5-6-7-8-9-10-11-12-13-14-15-16-17-18-26-19-21(28-30(3,24)25)20-27-29(2,22)23/h21H,4-20H2,1-3H3. The Labute approximate surface area is 185 Å². The summed E-state index contributed by atoms with van der Waals surface area (Å²) in [7, 11) is -7.38. The second-order valence-corrected chi connectivity index (χ2v) is 11.3. The molecule has 0 aromatic heterocycles. The molecule has 0 aliphatic heterocycles. The van der Waals surface area contributed by atoms with Crippen LogP contribution in [0.4, 0.5) is 0 Å². The summed E-state index contributed by atoms with van der Waals surface area (Å²) < 4.78 is 59.5. The van der Waals surface area contributed by atoms with Crippen LogP contribution < -0.4 is 0 Å². The molecule has 0 radical (unpaired) electrons. The van der Waals surface area contributed by atoms with Gasteiger partial charge in [0.2, 0.25) is 0 Å². The summed E-state index contributed by atoms with van der Waals surface area (Å²) in [5, 5.41) is 0. The predicted octanol–water partition coefficient (Wildman–Crippen LogP) is 4.81. The van der Waals surface area contributed by atoms with Crippen molar-refractivity contribution in [1.29, 1.82) is 0 Å². The second kappa shape index (κ2) is 18.4. The van der Waals surface area contributed by atoms with Crippen molar-refractivity contribution in [3.63, 3.8) is 0 Å². The van der Waals surface area contributed by atoms with Gasteiger partial charge in [-0.15, -0.1) is 0 Å². The van der Waals surface area contributed by atoms with E-state index >= 15 is 0 Å². The normalized spacial score (nSPS) is 13.6. The fourth-order valence-corrected chi connectivity index (χ4v) is 4.17. The molecule has 0 N–H and O–H groups in total. The lowest BCUT2D eigenvalue weighted by molar-refractivity contribution is 0.0295. The van der Waals surface area contributed by atoms with Crippen molar-refractivity contribution < 1.29 is 29.9 Å². The zero-order chi connectivity index (χ0) is 22.7. The molecule has 0 aromatic rings. The first-order valence-corrected chi connectivity index (χ1v) is 15.1. The third-order valence-corrected chi connectivity index (χ3v) is 5.91. The molecule has 0 saturated carbocycles. The zero-order valence-electron chi connectivity index (χ0n) is 19.3. The molecule has 0 bridgehead atoms. The van der Waals surface area contributed by atoms with Crippen molar-refractivity contribution in [3.8, 4) is 0 Å². The van der Waals surface area contributed by atoms with Crippen LogP contribution in [-0.2, 0) is 33.3 Å². The molecule has 0 aromatic carbocycles. The number of unbranched alkanes of at least 4 members (excludes halogenated alkanes) is 13. The largest absolute Gasteiger partial charge is 0.379 e. The first-order chi connectivity index (χ1) is 14.1. The van der Waals surface area contributed by atoms with E-state index in [-0.39, 0.29) is 13.2 Å². The minimum Gasteiger partial charge on any atom is -0.379 e. The van der Waals surface area contributed by atoms with E-state index in [1.165, 1.54) is 77.0 Å². The van der Waals surface area contributed by atoms with Crippen LogP contribution in [0, 0.1) is 0 Å². The van der Waals surface area contributed by atoms with Gasteiger partial charge < -0.3 is 4.74 Å². The van der Waals surface area contributed by atoms with Crippen molar-refractivity contribution in [2.24, 2.45) is 0 Å². The average molecular weight is 473 g/mol. The Hall–Kier alpha value is -0.220. The van der Waals surface area contributed by atoms with Gasteiger partial charge in [0.05, 0.1) is 25.7 Å². The number of hydrogen-bond donors (Lipinski definition) is 0. The van der Waals surface area contributed by atoms with E-state index < -0.39 is 26.3 Å². The molecule has 0 heterocycles. The van der Waals surface area contributed by atoms with Gasteiger partial charge in [0.25, 0.3) is 20.2 Å². The van der Waals surface area contributed by atoms with E-state index in [1.807, 2.05) is 0 Å². The predicted molar refractivity (Wildman–Crippen MR) is 122 cm³/mol. The maximum Gasteiger partial charge on any atom is 0.264 e. The van der Waals surface area contributed by atoms with Crippen LogP contribution in [0.1, 0.15) is 96.8 Å². The fourth-order valence-electron chi connectivity index (χ4n) is 3.16. The lowest BCUT2D eigenvalue weighted by Gasteiger charge is -2.16. The molecular formula is C21H44O7S2. The van der Waals surface area contributed by atoms with E-state index in [2.05, 4.69) is 11.1 Å². The molecule has 0 rings (SSSR count). The molecule has 0 spiro atoms. The molecule has 0 aliphatic carbocycles. The van der Waals surface area contributed by atoms with Gasteiger partial charge in [-0.1, -0.05) is 90.4 Å². The second-order valence-electron chi connectivity index (χ2n) is 8.08. The van der Waals surface area contributed by atoms with Crippen LogP contribution in [0.5, 0.6) is 0 Å². The molecule has 0 amide bonds. The highest BCUT2D eigenvalue weighted by Gasteiger charge is 2.18. The summed E-state index contributed by atoms with van der Waals surface area (Å²) in [6, 6.07) is 0. The number of ether oxygens (including phenoxy) is 1. The molecule has 7 nitrogen and oxygen atoms in total. The Morgan fingerprint density at radius 2 is 1.03 bits per heavy atom. The third kappa shape index (κ3) is 24.1. The minimum atomic E-state index is -3.72. The van der Waals surface area contributed by atoms with E-state index in [0.29, 0.717) is 6.61 Å². The first kappa shape index (κ1) is 29.8. The van der Waals surface area contributed by atoms with E-state index in [9.17, 15) is 16.8 Å². The molecular weight excluding hydrogens is 428 g/mol. The maximum absolute atomic E-state index is 11.3. The summed E-state index contributed by atoms with van der Waals surface area (Å²) >= 11 is 0. The molecule has 182 valence electrons. The molecule has 9 heteroatoms. The molecule has 30 heavy (non-hydrogen) atoms.